The zero-order valence-electron chi connectivity index (χ0n) is 11.8. The smallest absolute Gasteiger partial charge is 0.255 e. The van der Waals surface area contributed by atoms with E-state index in [0.717, 1.165) is 19.4 Å². The van der Waals surface area contributed by atoms with Gasteiger partial charge in [-0.05, 0) is 46.9 Å². The van der Waals surface area contributed by atoms with Crippen molar-refractivity contribution in [2.45, 2.75) is 6.54 Å². The van der Waals surface area contributed by atoms with E-state index < -0.39 is 0 Å². The van der Waals surface area contributed by atoms with E-state index in [2.05, 4.69) is 38.5 Å². The highest BCUT2D eigenvalue weighted by atomic mass is 127. The number of benzene rings is 2. The van der Waals surface area contributed by atoms with E-state index in [1.54, 1.807) is 19.1 Å². The van der Waals surface area contributed by atoms with Crippen LogP contribution in [0.2, 0.25) is 0 Å². The summed E-state index contributed by atoms with van der Waals surface area (Å²) in [5, 5.41) is 0. The van der Waals surface area contributed by atoms with Crippen LogP contribution in [0.25, 0.3) is 0 Å². The Hall–Kier alpha value is -1.08. The molecule has 0 aliphatic rings. The molecule has 2 aromatic rings. The van der Waals surface area contributed by atoms with Crippen LogP contribution in [0.15, 0.2) is 46.9 Å². The summed E-state index contributed by atoms with van der Waals surface area (Å²) in [6.45, 7) is 0.505. The fourth-order valence-electron chi connectivity index (χ4n) is 2.03. The molecule has 2 aromatic carbocycles. The van der Waals surface area contributed by atoms with E-state index >= 15 is 0 Å². The van der Waals surface area contributed by atoms with E-state index in [9.17, 15) is 4.79 Å². The molecule has 0 unspecified atom stereocenters. The van der Waals surface area contributed by atoms with Gasteiger partial charge in [0.05, 0.1) is 12.7 Å². The number of rotatable bonds is 4. The van der Waals surface area contributed by atoms with Crippen molar-refractivity contribution in [3.8, 4) is 5.75 Å². The van der Waals surface area contributed by atoms with Gasteiger partial charge >= 0.3 is 0 Å². The van der Waals surface area contributed by atoms with E-state index in [0.29, 0.717) is 12.1 Å². The van der Waals surface area contributed by atoms with Gasteiger partial charge in [-0.3, -0.25) is 4.79 Å². The third-order valence-corrected chi connectivity index (χ3v) is 4.54. The van der Waals surface area contributed by atoms with Crippen LogP contribution in [0.5, 0.6) is 5.75 Å². The zero-order chi connectivity index (χ0) is 15.4. The molecule has 0 aliphatic heterocycles. The number of hydrogen-bond acceptors (Lipinski definition) is 2. The molecule has 0 saturated heterocycles. The number of carbonyl (C=O) groups excluding carboxylic acids is 1. The van der Waals surface area contributed by atoms with Crippen molar-refractivity contribution in [3.05, 3.63) is 61.6 Å². The van der Waals surface area contributed by atoms with Crippen LogP contribution in [0.1, 0.15) is 15.9 Å². The second-order valence-electron chi connectivity index (χ2n) is 4.60. The van der Waals surface area contributed by atoms with Crippen LogP contribution < -0.4 is 4.74 Å². The lowest BCUT2D eigenvalue weighted by Crippen LogP contribution is -2.27. The van der Waals surface area contributed by atoms with E-state index in [-0.39, 0.29) is 5.91 Å². The van der Waals surface area contributed by atoms with Crippen molar-refractivity contribution in [2.24, 2.45) is 0 Å². The Kier molecular flexibility index (Phi) is 5.64. The number of hydrogen-bond donors (Lipinski definition) is 0. The minimum absolute atomic E-state index is 0.00777. The van der Waals surface area contributed by atoms with E-state index in [1.165, 1.54) is 0 Å². The molecule has 0 saturated carbocycles. The maximum Gasteiger partial charge on any atom is 0.255 e. The average molecular weight is 460 g/mol. The van der Waals surface area contributed by atoms with Gasteiger partial charge in [-0.15, -0.1) is 0 Å². The number of halogens is 2. The second kappa shape index (κ2) is 7.26. The Morgan fingerprint density at radius 1 is 1.29 bits per heavy atom. The Balaban J connectivity index is 2.22. The Bertz CT molecular complexity index is 660. The SMILES string of the molecule is COc1ccccc1CN(C)C(=O)c1cc(Br)ccc1I. The molecule has 3 nitrogen and oxygen atoms in total. The maximum atomic E-state index is 12.6. The molecule has 0 aromatic heterocycles. The van der Waals surface area contributed by atoms with Gasteiger partial charge in [-0.1, -0.05) is 34.1 Å². The van der Waals surface area contributed by atoms with Crippen molar-refractivity contribution < 1.29 is 9.53 Å². The minimum atomic E-state index is -0.00777. The van der Waals surface area contributed by atoms with Crippen molar-refractivity contribution in [3.63, 3.8) is 0 Å². The standard InChI is InChI=1S/C16H15BrINO2/c1-19(10-11-5-3-4-6-15(11)21-2)16(20)13-9-12(17)7-8-14(13)18/h3-9H,10H2,1-2H3. The first-order chi connectivity index (χ1) is 10.0. The molecule has 0 bridgehead atoms. The van der Waals surface area contributed by atoms with Gasteiger partial charge in [0.2, 0.25) is 0 Å². The van der Waals surface area contributed by atoms with Crippen LogP contribution in [0.4, 0.5) is 0 Å². The molecule has 2 rings (SSSR count). The molecule has 110 valence electrons. The van der Waals surface area contributed by atoms with Crippen molar-refractivity contribution in [1.29, 1.82) is 0 Å². The number of para-hydroxylation sites is 1. The van der Waals surface area contributed by atoms with Gasteiger partial charge in [0.25, 0.3) is 5.91 Å². The summed E-state index contributed by atoms with van der Waals surface area (Å²) in [4.78, 5) is 14.3. The molecule has 1 amide bonds. The first-order valence-electron chi connectivity index (χ1n) is 6.35. The first kappa shape index (κ1) is 16.3. The summed E-state index contributed by atoms with van der Waals surface area (Å²) in [5.41, 5.74) is 1.68. The predicted octanol–water partition coefficient (Wildman–Crippen LogP) is 4.33. The predicted molar refractivity (Wildman–Crippen MR) is 95.7 cm³/mol. The second-order valence-corrected chi connectivity index (χ2v) is 6.68. The lowest BCUT2D eigenvalue weighted by atomic mass is 10.1. The molecular weight excluding hydrogens is 445 g/mol. The van der Waals surface area contributed by atoms with Gasteiger partial charge in [0.1, 0.15) is 5.75 Å². The summed E-state index contributed by atoms with van der Waals surface area (Å²) in [5.74, 6) is 0.785. The van der Waals surface area contributed by atoms with Gasteiger partial charge in [-0.25, -0.2) is 0 Å². The van der Waals surface area contributed by atoms with E-state index in [1.807, 2.05) is 42.5 Å². The molecule has 0 aliphatic carbocycles. The lowest BCUT2D eigenvalue weighted by molar-refractivity contribution is 0.0783. The highest BCUT2D eigenvalue weighted by Gasteiger charge is 2.16. The van der Waals surface area contributed by atoms with Crippen LogP contribution in [0, 0.1) is 3.57 Å². The molecule has 0 heterocycles. The quantitative estimate of drug-likeness (QED) is 0.636. The normalized spacial score (nSPS) is 10.3. The number of ether oxygens (including phenoxy) is 1. The summed E-state index contributed by atoms with van der Waals surface area (Å²) < 4.78 is 7.17. The maximum absolute atomic E-state index is 12.6. The van der Waals surface area contributed by atoms with Crippen molar-refractivity contribution in [2.75, 3.05) is 14.2 Å². The van der Waals surface area contributed by atoms with Crippen molar-refractivity contribution in [1.82, 2.24) is 4.90 Å². The summed E-state index contributed by atoms with van der Waals surface area (Å²) in [6, 6.07) is 13.4. The first-order valence-corrected chi connectivity index (χ1v) is 8.22. The third-order valence-electron chi connectivity index (χ3n) is 3.11. The van der Waals surface area contributed by atoms with Gasteiger partial charge < -0.3 is 9.64 Å². The minimum Gasteiger partial charge on any atom is -0.496 e. The summed E-state index contributed by atoms with van der Waals surface area (Å²) >= 11 is 5.59. The largest absolute Gasteiger partial charge is 0.496 e. The zero-order valence-corrected chi connectivity index (χ0v) is 15.5. The van der Waals surface area contributed by atoms with Crippen LogP contribution in [0.3, 0.4) is 0 Å². The number of carbonyl (C=O) groups is 1. The van der Waals surface area contributed by atoms with Crippen LogP contribution >= 0.6 is 38.5 Å². The number of methoxy groups -OCH3 is 1. The lowest BCUT2D eigenvalue weighted by Gasteiger charge is -2.19. The van der Waals surface area contributed by atoms with Crippen molar-refractivity contribution >= 4 is 44.4 Å². The Labute approximate surface area is 146 Å². The van der Waals surface area contributed by atoms with Crippen LogP contribution in [-0.4, -0.2) is 25.0 Å². The van der Waals surface area contributed by atoms with Gasteiger partial charge in [-0.2, -0.15) is 0 Å². The highest BCUT2D eigenvalue weighted by Crippen LogP contribution is 2.22. The van der Waals surface area contributed by atoms with Gasteiger partial charge in [0, 0.05) is 27.2 Å². The molecule has 0 spiro atoms. The fourth-order valence-corrected chi connectivity index (χ4v) is 2.96. The fraction of sp³-hybridized carbons (Fsp3) is 0.188. The van der Waals surface area contributed by atoms with Crippen LogP contribution in [-0.2, 0) is 6.54 Å². The molecular formula is C16H15BrINO2. The monoisotopic (exact) mass is 459 g/mol. The van der Waals surface area contributed by atoms with E-state index in [4.69, 9.17) is 4.74 Å². The average Bonchev–Trinajstić information content (AvgIpc) is 2.49. The Morgan fingerprint density at radius 2 is 2.00 bits per heavy atom. The third kappa shape index (κ3) is 3.97. The molecule has 21 heavy (non-hydrogen) atoms. The molecule has 0 atom stereocenters. The Morgan fingerprint density at radius 3 is 2.71 bits per heavy atom. The molecule has 0 radical (unpaired) electrons. The molecule has 0 N–H and O–H groups in total. The number of amides is 1. The summed E-state index contributed by atoms with van der Waals surface area (Å²) in [6.07, 6.45) is 0. The number of nitrogens with zero attached hydrogens (tertiary/aromatic N) is 1. The highest BCUT2D eigenvalue weighted by molar-refractivity contribution is 14.1. The molecule has 0 fully saturated rings. The van der Waals surface area contributed by atoms with Gasteiger partial charge in [0.15, 0.2) is 0 Å². The topological polar surface area (TPSA) is 29.5 Å². The molecule has 5 heteroatoms. The summed E-state index contributed by atoms with van der Waals surface area (Å²) in [7, 11) is 3.43.